The normalized spacial score (nSPS) is 25.1. The van der Waals surface area contributed by atoms with E-state index in [1.54, 1.807) is 0 Å². The number of rotatable bonds is 0. The maximum atomic E-state index is 10.2. The third kappa shape index (κ3) is 1.82. The molecular formula is C21H26N2O2. The first-order valence-corrected chi connectivity index (χ1v) is 8.75. The first-order valence-electron chi connectivity index (χ1n) is 8.75. The Balaban J connectivity index is 2.10. The van der Waals surface area contributed by atoms with Gasteiger partial charge in [-0.05, 0) is 70.2 Å². The van der Waals surface area contributed by atoms with Crippen molar-refractivity contribution in [3.8, 4) is 11.5 Å². The van der Waals surface area contributed by atoms with Crippen LogP contribution in [0.4, 0.5) is 11.4 Å². The van der Waals surface area contributed by atoms with Gasteiger partial charge in [0.2, 0.25) is 0 Å². The van der Waals surface area contributed by atoms with E-state index < -0.39 is 0 Å². The Morgan fingerprint density at radius 2 is 1.36 bits per heavy atom. The summed E-state index contributed by atoms with van der Waals surface area (Å²) in [5.74, 6) is 0.291. The lowest BCUT2D eigenvalue weighted by Crippen LogP contribution is -2.39. The fraction of sp³-hybridized carbons (Fsp3) is 0.429. The summed E-state index contributed by atoms with van der Waals surface area (Å²) in [6.45, 7) is 8.98. The van der Waals surface area contributed by atoms with E-state index in [1.165, 1.54) is 11.1 Å². The molecule has 25 heavy (non-hydrogen) atoms. The number of aromatic hydroxyl groups is 2. The Kier molecular flexibility index (Phi) is 2.85. The van der Waals surface area contributed by atoms with Gasteiger partial charge < -0.3 is 21.7 Å². The summed E-state index contributed by atoms with van der Waals surface area (Å²) in [4.78, 5) is 0. The zero-order valence-corrected chi connectivity index (χ0v) is 15.3. The van der Waals surface area contributed by atoms with Crippen LogP contribution in [0, 0.1) is 5.41 Å². The minimum atomic E-state index is -0.231. The van der Waals surface area contributed by atoms with Crippen LogP contribution in [0.3, 0.4) is 0 Å². The average Bonchev–Trinajstić information content (AvgIpc) is 2.84. The lowest BCUT2D eigenvalue weighted by atomic mass is 9.61. The molecule has 2 aliphatic carbocycles. The highest BCUT2D eigenvalue weighted by atomic mass is 16.3. The zero-order valence-electron chi connectivity index (χ0n) is 15.3. The van der Waals surface area contributed by atoms with Gasteiger partial charge in [0.1, 0.15) is 11.5 Å². The molecule has 0 aromatic heterocycles. The van der Waals surface area contributed by atoms with Crippen LogP contribution < -0.4 is 11.5 Å². The number of nitrogen functional groups attached to an aromatic ring is 2. The van der Waals surface area contributed by atoms with E-state index in [1.807, 2.05) is 24.3 Å². The molecule has 1 atom stereocenters. The molecule has 4 nitrogen and oxygen atoms in total. The Hall–Kier alpha value is -2.36. The first-order chi connectivity index (χ1) is 11.5. The van der Waals surface area contributed by atoms with Crippen LogP contribution in [0.5, 0.6) is 11.5 Å². The predicted octanol–water partition coefficient (Wildman–Crippen LogP) is 3.81. The molecule has 0 radical (unpaired) electrons. The third-order valence-electron chi connectivity index (χ3n) is 6.56. The van der Waals surface area contributed by atoms with Crippen molar-refractivity contribution in [1.29, 1.82) is 0 Å². The molecular weight excluding hydrogens is 312 g/mol. The summed E-state index contributed by atoms with van der Waals surface area (Å²) in [5, 5.41) is 20.3. The second-order valence-electron chi connectivity index (χ2n) is 9.05. The van der Waals surface area contributed by atoms with Crippen LogP contribution in [0.1, 0.15) is 56.4 Å². The van der Waals surface area contributed by atoms with Crippen molar-refractivity contribution in [3.05, 3.63) is 46.5 Å². The largest absolute Gasteiger partial charge is 0.506 e. The van der Waals surface area contributed by atoms with Gasteiger partial charge in [0.25, 0.3) is 0 Å². The summed E-state index contributed by atoms with van der Waals surface area (Å²) in [6, 6.07) is 7.53. The first kappa shape index (κ1) is 16.1. The topological polar surface area (TPSA) is 92.5 Å². The number of phenols is 2. The minimum Gasteiger partial charge on any atom is -0.506 e. The minimum absolute atomic E-state index is 0.0541. The van der Waals surface area contributed by atoms with Crippen molar-refractivity contribution in [2.24, 2.45) is 5.41 Å². The van der Waals surface area contributed by atoms with Gasteiger partial charge in [0, 0.05) is 5.41 Å². The van der Waals surface area contributed by atoms with Crippen molar-refractivity contribution in [1.82, 2.24) is 0 Å². The van der Waals surface area contributed by atoms with E-state index >= 15 is 0 Å². The molecule has 4 rings (SSSR count). The number of hydrogen-bond acceptors (Lipinski definition) is 4. The highest BCUT2D eigenvalue weighted by Crippen LogP contribution is 2.66. The van der Waals surface area contributed by atoms with E-state index in [4.69, 9.17) is 11.5 Å². The summed E-state index contributed by atoms with van der Waals surface area (Å²) in [5.41, 5.74) is 17.2. The molecule has 0 fully saturated rings. The van der Waals surface area contributed by atoms with Gasteiger partial charge in [-0.3, -0.25) is 0 Å². The van der Waals surface area contributed by atoms with Crippen LogP contribution in [0.25, 0.3) is 0 Å². The fourth-order valence-electron chi connectivity index (χ4n) is 5.40. The molecule has 0 amide bonds. The van der Waals surface area contributed by atoms with Gasteiger partial charge in [-0.15, -0.1) is 0 Å². The number of phenolic OH excluding ortho intramolecular Hbond substituents is 2. The van der Waals surface area contributed by atoms with Gasteiger partial charge in [0.15, 0.2) is 0 Å². The maximum absolute atomic E-state index is 10.2. The second kappa shape index (κ2) is 4.43. The van der Waals surface area contributed by atoms with Crippen molar-refractivity contribution in [2.75, 3.05) is 11.5 Å². The van der Waals surface area contributed by atoms with E-state index in [-0.39, 0.29) is 27.7 Å². The van der Waals surface area contributed by atoms with Gasteiger partial charge >= 0.3 is 0 Å². The Morgan fingerprint density at radius 3 is 2.00 bits per heavy atom. The van der Waals surface area contributed by atoms with Gasteiger partial charge in [-0.25, -0.2) is 0 Å². The van der Waals surface area contributed by atoms with E-state index in [9.17, 15) is 10.2 Å². The van der Waals surface area contributed by atoms with Gasteiger partial charge in [0.05, 0.1) is 11.4 Å². The Morgan fingerprint density at radius 1 is 0.800 bits per heavy atom. The molecule has 0 saturated heterocycles. The van der Waals surface area contributed by atoms with Crippen LogP contribution in [-0.4, -0.2) is 10.2 Å². The van der Waals surface area contributed by atoms with Crippen molar-refractivity contribution < 1.29 is 10.2 Å². The molecule has 132 valence electrons. The standard InChI is InChI=1S/C21H26N2O2/c1-19(2)10-21(14-7-16(23)18(25)8-13(14)19)12-6-15(22)17(24)5-11(12)9-20(21,3)4/h5-8,24-25H,9-10,22-23H2,1-4H3. The Labute approximate surface area is 148 Å². The lowest BCUT2D eigenvalue weighted by molar-refractivity contribution is 0.204. The van der Waals surface area contributed by atoms with E-state index in [2.05, 4.69) is 27.7 Å². The van der Waals surface area contributed by atoms with Gasteiger partial charge in [-0.2, -0.15) is 0 Å². The molecule has 6 N–H and O–H groups in total. The number of benzene rings is 2. The SMILES string of the molecule is CC1(C)CC2(c3cc(N)c(O)cc3CC2(C)C)c2cc(N)c(O)cc21. The van der Waals surface area contributed by atoms with Crippen LogP contribution in [0.15, 0.2) is 24.3 Å². The van der Waals surface area contributed by atoms with Crippen molar-refractivity contribution >= 4 is 11.4 Å². The number of fused-ring (bicyclic) bond motifs is 4. The average molecular weight is 338 g/mol. The maximum Gasteiger partial charge on any atom is 0.138 e. The van der Waals surface area contributed by atoms with Crippen molar-refractivity contribution in [2.45, 2.75) is 51.4 Å². The number of anilines is 2. The summed E-state index contributed by atoms with van der Waals surface area (Å²) in [6.07, 6.45) is 1.79. The van der Waals surface area contributed by atoms with Crippen LogP contribution in [-0.2, 0) is 17.3 Å². The quantitative estimate of drug-likeness (QED) is 0.434. The van der Waals surface area contributed by atoms with Gasteiger partial charge in [-0.1, -0.05) is 27.7 Å². The molecule has 2 aliphatic rings. The summed E-state index contributed by atoms with van der Waals surface area (Å²) < 4.78 is 0. The van der Waals surface area contributed by atoms with E-state index in [0.717, 1.165) is 24.0 Å². The highest BCUT2D eigenvalue weighted by molar-refractivity contribution is 5.69. The molecule has 1 spiro atoms. The molecule has 2 aromatic rings. The summed E-state index contributed by atoms with van der Waals surface area (Å²) >= 11 is 0. The van der Waals surface area contributed by atoms with Crippen LogP contribution >= 0.6 is 0 Å². The molecule has 0 bridgehead atoms. The molecule has 4 heteroatoms. The molecule has 0 aliphatic heterocycles. The monoisotopic (exact) mass is 338 g/mol. The van der Waals surface area contributed by atoms with E-state index in [0.29, 0.717) is 11.4 Å². The van der Waals surface area contributed by atoms with Crippen LogP contribution in [0.2, 0.25) is 0 Å². The smallest absolute Gasteiger partial charge is 0.138 e. The lowest BCUT2D eigenvalue weighted by Gasteiger charge is -2.41. The second-order valence-corrected chi connectivity index (χ2v) is 9.05. The zero-order chi connectivity index (χ0) is 18.4. The third-order valence-corrected chi connectivity index (χ3v) is 6.56. The van der Waals surface area contributed by atoms with Crippen molar-refractivity contribution in [3.63, 3.8) is 0 Å². The summed E-state index contributed by atoms with van der Waals surface area (Å²) in [7, 11) is 0. The number of hydrogen-bond donors (Lipinski definition) is 4. The molecule has 2 aromatic carbocycles. The number of nitrogens with two attached hydrogens (primary N) is 2. The Bertz CT molecular complexity index is 915. The molecule has 0 heterocycles. The molecule has 1 unspecified atom stereocenters. The highest BCUT2D eigenvalue weighted by Gasteiger charge is 2.60. The fourth-order valence-corrected chi connectivity index (χ4v) is 5.40. The predicted molar refractivity (Wildman–Crippen MR) is 101 cm³/mol. The molecule has 0 saturated carbocycles.